The SMILES string of the molecule is Cc1cnc(NC[C@H](c2ccccn2)N2CCOCC2)nc1-c1ncnn1C. The molecule has 1 aliphatic rings. The van der Waals surface area contributed by atoms with Gasteiger partial charge in [0.1, 0.15) is 12.0 Å². The summed E-state index contributed by atoms with van der Waals surface area (Å²) in [6.07, 6.45) is 5.17. The number of aryl methyl sites for hydroxylation is 2. The number of nitrogens with one attached hydrogen (secondary N) is 1. The number of aromatic nitrogens is 6. The molecular formula is C19H24N8O. The van der Waals surface area contributed by atoms with Gasteiger partial charge in [-0.2, -0.15) is 5.10 Å². The zero-order chi connectivity index (χ0) is 19.3. The van der Waals surface area contributed by atoms with Crippen molar-refractivity contribution in [2.24, 2.45) is 7.05 Å². The highest BCUT2D eigenvalue weighted by Crippen LogP contribution is 2.22. The van der Waals surface area contributed by atoms with Crippen LogP contribution < -0.4 is 5.32 Å². The van der Waals surface area contributed by atoms with Crippen molar-refractivity contribution in [3.63, 3.8) is 0 Å². The second-order valence-corrected chi connectivity index (χ2v) is 6.73. The molecule has 3 aromatic rings. The van der Waals surface area contributed by atoms with Crippen LogP contribution in [0.25, 0.3) is 11.5 Å². The van der Waals surface area contributed by atoms with Gasteiger partial charge in [0.25, 0.3) is 0 Å². The fourth-order valence-electron chi connectivity index (χ4n) is 3.34. The Labute approximate surface area is 163 Å². The molecule has 0 amide bonds. The molecule has 9 heteroatoms. The standard InChI is InChI=1S/C19H24N8O/c1-14-11-21-19(25-17(14)18-23-13-24-26(18)2)22-12-16(15-5-3-4-6-20-15)27-7-9-28-10-8-27/h3-6,11,13,16H,7-10,12H2,1-2H3,(H,21,22,25)/t16-/m1/s1. The molecule has 1 aliphatic heterocycles. The van der Waals surface area contributed by atoms with Crippen molar-refractivity contribution in [3.8, 4) is 11.5 Å². The van der Waals surface area contributed by atoms with Gasteiger partial charge >= 0.3 is 0 Å². The number of rotatable bonds is 6. The van der Waals surface area contributed by atoms with Gasteiger partial charge in [0.15, 0.2) is 5.82 Å². The molecule has 9 nitrogen and oxygen atoms in total. The molecule has 0 aliphatic carbocycles. The van der Waals surface area contributed by atoms with Gasteiger partial charge in [-0.15, -0.1) is 0 Å². The molecule has 1 N–H and O–H groups in total. The smallest absolute Gasteiger partial charge is 0.223 e. The topological polar surface area (TPSA) is 93.9 Å². The summed E-state index contributed by atoms with van der Waals surface area (Å²) in [6.45, 7) is 5.85. The van der Waals surface area contributed by atoms with Crippen LogP contribution in [0.1, 0.15) is 17.3 Å². The maximum absolute atomic E-state index is 5.51. The van der Waals surface area contributed by atoms with Crippen LogP contribution in [0.4, 0.5) is 5.95 Å². The van der Waals surface area contributed by atoms with Crippen LogP contribution in [0.15, 0.2) is 36.9 Å². The quantitative estimate of drug-likeness (QED) is 0.687. The highest BCUT2D eigenvalue weighted by molar-refractivity contribution is 5.55. The van der Waals surface area contributed by atoms with Crippen molar-refractivity contribution in [2.75, 3.05) is 38.2 Å². The van der Waals surface area contributed by atoms with Gasteiger partial charge < -0.3 is 10.1 Å². The van der Waals surface area contributed by atoms with Gasteiger partial charge in [-0.05, 0) is 24.6 Å². The molecule has 146 valence electrons. The van der Waals surface area contributed by atoms with E-state index in [9.17, 15) is 0 Å². The third-order valence-corrected chi connectivity index (χ3v) is 4.86. The molecule has 0 radical (unpaired) electrons. The van der Waals surface area contributed by atoms with Crippen LogP contribution in [-0.4, -0.2) is 67.5 Å². The molecule has 1 atom stereocenters. The Morgan fingerprint density at radius 1 is 1.18 bits per heavy atom. The van der Waals surface area contributed by atoms with E-state index >= 15 is 0 Å². The Balaban J connectivity index is 1.55. The summed E-state index contributed by atoms with van der Waals surface area (Å²) in [7, 11) is 1.85. The monoisotopic (exact) mass is 380 g/mol. The van der Waals surface area contributed by atoms with E-state index in [0.29, 0.717) is 12.5 Å². The summed E-state index contributed by atoms with van der Waals surface area (Å²) in [5, 5.41) is 7.52. The second-order valence-electron chi connectivity index (χ2n) is 6.73. The van der Waals surface area contributed by atoms with Crippen LogP contribution >= 0.6 is 0 Å². The summed E-state index contributed by atoms with van der Waals surface area (Å²) in [6, 6.07) is 6.13. The molecule has 0 spiro atoms. The molecule has 0 bridgehead atoms. The van der Waals surface area contributed by atoms with Crippen molar-refractivity contribution in [1.29, 1.82) is 0 Å². The van der Waals surface area contributed by atoms with E-state index < -0.39 is 0 Å². The molecular weight excluding hydrogens is 356 g/mol. The van der Waals surface area contributed by atoms with E-state index in [1.807, 2.05) is 38.5 Å². The molecule has 4 heterocycles. The maximum atomic E-state index is 5.51. The third kappa shape index (κ3) is 4.00. The lowest BCUT2D eigenvalue weighted by atomic mass is 10.1. The Morgan fingerprint density at radius 3 is 2.75 bits per heavy atom. The van der Waals surface area contributed by atoms with Crippen LogP contribution in [0.2, 0.25) is 0 Å². The van der Waals surface area contributed by atoms with Gasteiger partial charge in [-0.25, -0.2) is 19.6 Å². The van der Waals surface area contributed by atoms with E-state index in [1.165, 1.54) is 6.33 Å². The normalized spacial score (nSPS) is 16.1. The van der Waals surface area contributed by atoms with Crippen LogP contribution in [0.3, 0.4) is 0 Å². The summed E-state index contributed by atoms with van der Waals surface area (Å²) in [5.41, 5.74) is 2.76. The first-order valence-electron chi connectivity index (χ1n) is 9.37. The first kappa shape index (κ1) is 18.5. The fourth-order valence-corrected chi connectivity index (χ4v) is 3.34. The van der Waals surface area contributed by atoms with Gasteiger partial charge in [-0.1, -0.05) is 6.07 Å². The Morgan fingerprint density at radius 2 is 2.04 bits per heavy atom. The van der Waals surface area contributed by atoms with E-state index in [-0.39, 0.29) is 6.04 Å². The predicted octanol–water partition coefficient (Wildman–Crippen LogP) is 1.46. The van der Waals surface area contributed by atoms with Gasteiger partial charge in [0.05, 0.1) is 24.9 Å². The number of ether oxygens (including phenoxy) is 1. The van der Waals surface area contributed by atoms with Crippen molar-refractivity contribution >= 4 is 5.95 Å². The Bertz CT molecular complexity index is 907. The van der Waals surface area contributed by atoms with Crippen molar-refractivity contribution < 1.29 is 4.74 Å². The van der Waals surface area contributed by atoms with E-state index in [0.717, 1.165) is 49.1 Å². The van der Waals surface area contributed by atoms with E-state index in [2.05, 4.69) is 41.3 Å². The lowest BCUT2D eigenvalue weighted by Gasteiger charge is -2.34. The molecule has 0 aromatic carbocycles. The number of pyridine rings is 1. The minimum absolute atomic E-state index is 0.119. The fraction of sp³-hybridized carbons (Fsp3) is 0.421. The van der Waals surface area contributed by atoms with E-state index in [4.69, 9.17) is 4.74 Å². The molecule has 4 rings (SSSR count). The largest absolute Gasteiger partial charge is 0.379 e. The lowest BCUT2D eigenvalue weighted by Crippen LogP contribution is -2.42. The molecule has 1 fully saturated rings. The number of anilines is 1. The van der Waals surface area contributed by atoms with Gasteiger partial charge in [-0.3, -0.25) is 9.88 Å². The average molecular weight is 380 g/mol. The lowest BCUT2D eigenvalue weighted by molar-refractivity contribution is 0.0178. The van der Waals surface area contributed by atoms with Crippen LogP contribution in [0, 0.1) is 6.92 Å². The summed E-state index contributed by atoms with van der Waals surface area (Å²) in [4.78, 5) is 20.4. The zero-order valence-electron chi connectivity index (χ0n) is 16.1. The third-order valence-electron chi connectivity index (χ3n) is 4.86. The summed E-state index contributed by atoms with van der Waals surface area (Å²) < 4.78 is 7.22. The van der Waals surface area contributed by atoms with Crippen molar-refractivity contribution in [2.45, 2.75) is 13.0 Å². The second kappa shape index (κ2) is 8.41. The minimum atomic E-state index is 0.119. The number of nitrogens with zero attached hydrogens (tertiary/aromatic N) is 7. The number of hydrogen-bond donors (Lipinski definition) is 1. The molecule has 0 saturated carbocycles. The molecule has 28 heavy (non-hydrogen) atoms. The molecule has 3 aromatic heterocycles. The van der Waals surface area contributed by atoms with Crippen LogP contribution in [-0.2, 0) is 11.8 Å². The first-order chi connectivity index (χ1) is 13.7. The highest BCUT2D eigenvalue weighted by atomic mass is 16.5. The number of hydrogen-bond acceptors (Lipinski definition) is 8. The minimum Gasteiger partial charge on any atom is -0.379 e. The Hall–Kier alpha value is -2.91. The first-order valence-corrected chi connectivity index (χ1v) is 9.37. The van der Waals surface area contributed by atoms with Crippen molar-refractivity contribution in [3.05, 3.63) is 48.2 Å². The van der Waals surface area contributed by atoms with Gasteiger partial charge in [0.2, 0.25) is 5.95 Å². The van der Waals surface area contributed by atoms with Gasteiger partial charge in [0, 0.05) is 39.1 Å². The van der Waals surface area contributed by atoms with Crippen molar-refractivity contribution in [1.82, 2.24) is 34.6 Å². The molecule has 1 saturated heterocycles. The van der Waals surface area contributed by atoms with E-state index in [1.54, 1.807) is 4.68 Å². The predicted molar refractivity (Wildman–Crippen MR) is 105 cm³/mol. The summed E-state index contributed by atoms with van der Waals surface area (Å²) in [5.74, 6) is 1.29. The van der Waals surface area contributed by atoms with Crippen LogP contribution in [0.5, 0.6) is 0 Å². The zero-order valence-corrected chi connectivity index (χ0v) is 16.1. The number of morpholine rings is 1. The summed E-state index contributed by atoms with van der Waals surface area (Å²) >= 11 is 0. The maximum Gasteiger partial charge on any atom is 0.223 e. The Kier molecular flexibility index (Phi) is 5.54. The highest BCUT2D eigenvalue weighted by Gasteiger charge is 2.24. The average Bonchev–Trinajstić information content (AvgIpc) is 3.16. The molecule has 0 unspecified atom stereocenters.